The van der Waals surface area contributed by atoms with Crippen LogP contribution in [0.3, 0.4) is 0 Å². The lowest BCUT2D eigenvalue weighted by molar-refractivity contribution is 0.391. The van der Waals surface area contributed by atoms with Crippen molar-refractivity contribution in [3.8, 4) is 5.75 Å². The van der Waals surface area contributed by atoms with E-state index in [1.54, 1.807) is 13.3 Å². The summed E-state index contributed by atoms with van der Waals surface area (Å²) < 4.78 is 5.17. The second-order valence-electron chi connectivity index (χ2n) is 3.36. The van der Waals surface area contributed by atoms with Gasteiger partial charge in [-0.2, -0.15) is 0 Å². The largest absolute Gasteiger partial charge is 0.495 e. The average Bonchev–Trinajstić information content (AvgIpc) is 2.16. The number of aromatic nitrogens is 1. The SMILES string of the molecule is COc1cccnc1C(N)C(C)C. The Morgan fingerprint density at radius 1 is 1.46 bits per heavy atom. The lowest BCUT2D eigenvalue weighted by Gasteiger charge is -2.17. The first-order valence-corrected chi connectivity index (χ1v) is 4.41. The minimum atomic E-state index is -0.0591. The van der Waals surface area contributed by atoms with Crippen molar-refractivity contribution in [2.24, 2.45) is 11.7 Å². The summed E-state index contributed by atoms with van der Waals surface area (Å²) in [4.78, 5) is 4.22. The van der Waals surface area contributed by atoms with Gasteiger partial charge < -0.3 is 10.5 Å². The topological polar surface area (TPSA) is 48.1 Å². The van der Waals surface area contributed by atoms with Crippen LogP contribution in [0, 0.1) is 5.92 Å². The molecule has 0 radical (unpaired) electrons. The number of hydrogen-bond acceptors (Lipinski definition) is 3. The first kappa shape index (κ1) is 9.99. The zero-order valence-corrected chi connectivity index (χ0v) is 8.32. The van der Waals surface area contributed by atoms with Crippen LogP contribution in [0.2, 0.25) is 0 Å². The monoisotopic (exact) mass is 180 g/mol. The number of methoxy groups -OCH3 is 1. The van der Waals surface area contributed by atoms with Gasteiger partial charge in [0.25, 0.3) is 0 Å². The minimum absolute atomic E-state index is 0.0591. The summed E-state index contributed by atoms with van der Waals surface area (Å²) >= 11 is 0. The van der Waals surface area contributed by atoms with Gasteiger partial charge in [-0.1, -0.05) is 13.8 Å². The summed E-state index contributed by atoms with van der Waals surface area (Å²) in [7, 11) is 1.63. The Morgan fingerprint density at radius 2 is 2.15 bits per heavy atom. The first-order chi connectivity index (χ1) is 6.16. The molecule has 0 aromatic carbocycles. The quantitative estimate of drug-likeness (QED) is 0.770. The number of rotatable bonds is 3. The molecule has 3 heteroatoms. The van der Waals surface area contributed by atoms with Gasteiger partial charge in [-0.15, -0.1) is 0 Å². The van der Waals surface area contributed by atoms with Crippen molar-refractivity contribution in [1.82, 2.24) is 4.98 Å². The van der Waals surface area contributed by atoms with E-state index in [9.17, 15) is 0 Å². The molecule has 0 aliphatic heterocycles. The van der Waals surface area contributed by atoms with Crippen LogP contribution in [-0.2, 0) is 0 Å². The molecule has 2 N–H and O–H groups in total. The predicted octanol–water partition coefficient (Wildman–Crippen LogP) is 1.75. The Hall–Kier alpha value is -1.09. The zero-order valence-electron chi connectivity index (χ0n) is 8.32. The van der Waals surface area contributed by atoms with Crippen molar-refractivity contribution < 1.29 is 4.74 Å². The van der Waals surface area contributed by atoms with E-state index in [0.717, 1.165) is 11.4 Å². The Balaban J connectivity index is 2.98. The second-order valence-corrected chi connectivity index (χ2v) is 3.36. The summed E-state index contributed by atoms with van der Waals surface area (Å²) in [6, 6.07) is 3.66. The van der Waals surface area contributed by atoms with E-state index in [2.05, 4.69) is 18.8 Å². The number of nitrogens with zero attached hydrogens (tertiary/aromatic N) is 1. The van der Waals surface area contributed by atoms with Crippen molar-refractivity contribution in [2.75, 3.05) is 7.11 Å². The van der Waals surface area contributed by atoms with Gasteiger partial charge in [0.2, 0.25) is 0 Å². The standard InChI is InChI=1S/C10H16N2O/c1-7(2)9(11)10-8(13-3)5-4-6-12-10/h4-7,9H,11H2,1-3H3. The van der Waals surface area contributed by atoms with Crippen LogP contribution in [0.5, 0.6) is 5.75 Å². The van der Waals surface area contributed by atoms with E-state index in [1.807, 2.05) is 12.1 Å². The maximum absolute atomic E-state index is 5.97. The van der Waals surface area contributed by atoms with Gasteiger partial charge in [0.05, 0.1) is 18.8 Å². The molecule has 0 fully saturated rings. The van der Waals surface area contributed by atoms with Crippen LogP contribution >= 0.6 is 0 Å². The first-order valence-electron chi connectivity index (χ1n) is 4.41. The number of ether oxygens (including phenoxy) is 1. The molecule has 72 valence electrons. The number of nitrogens with two attached hydrogens (primary N) is 1. The highest BCUT2D eigenvalue weighted by Gasteiger charge is 2.15. The second kappa shape index (κ2) is 4.23. The molecular weight excluding hydrogens is 164 g/mol. The third-order valence-corrected chi connectivity index (χ3v) is 2.05. The van der Waals surface area contributed by atoms with E-state index in [-0.39, 0.29) is 6.04 Å². The van der Waals surface area contributed by atoms with Crippen molar-refractivity contribution in [3.63, 3.8) is 0 Å². The fraction of sp³-hybridized carbons (Fsp3) is 0.500. The van der Waals surface area contributed by atoms with Gasteiger partial charge >= 0.3 is 0 Å². The van der Waals surface area contributed by atoms with E-state index in [4.69, 9.17) is 10.5 Å². The average molecular weight is 180 g/mol. The van der Waals surface area contributed by atoms with Crippen LogP contribution < -0.4 is 10.5 Å². The molecule has 1 heterocycles. The van der Waals surface area contributed by atoms with Crippen molar-refractivity contribution in [2.45, 2.75) is 19.9 Å². The van der Waals surface area contributed by atoms with E-state index >= 15 is 0 Å². The molecule has 1 unspecified atom stereocenters. The lowest BCUT2D eigenvalue weighted by atomic mass is 10.0. The molecule has 13 heavy (non-hydrogen) atoms. The van der Waals surface area contributed by atoms with Crippen LogP contribution in [0.4, 0.5) is 0 Å². The zero-order chi connectivity index (χ0) is 9.84. The van der Waals surface area contributed by atoms with Crippen LogP contribution in [-0.4, -0.2) is 12.1 Å². The molecule has 0 saturated carbocycles. The fourth-order valence-electron chi connectivity index (χ4n) is 1.14. The molecule has 3 nitrogen and oxygen atoms in total. The van der Waals surface area contributed by atoms with Gasteiger partial charge in [-0.3, -0.25) is 4.98 Å². The number of pyridine rings is 1. The van der Waals surface area contributed by atoms with Crippen molar-refractivity contribution >= 4 is 0 Å². The maximum Gasteiger partial charge on any atom is 0.141 e. The highest BCUT2D eigenvalue weighted by molar-refractivity contribution is 5.29. The Kier molecular flexibility index (Phi) is 3.25. The molecule has 0 bridgehead atoms. The lowest BCUT2D eigenvalue weighted by Crippen LogP contribution is -2.18. The van der Waals surface area contributed by atoms with Gasteiger partial charge in [-0.05, 0) is 18.1 Å². The van der Waals surface area contributed by atoms with E-state index in [1.165, 1.54) is 0 Å². The summed E-state index contributed by atoms with van der Waals surface area (Å²) in [5.41, 5.74) is 6.81. The highest BCUT2D eigenvalue weighted by atomic mass is 16.5. The fourth-order valence-corrected chi connectivity index (χ4v) is 1.14. The molecule has 0 aliphatic rings. The Bertz CT molecular complexity index is 273. The normalized spacial score (nSPS) is 13.0. The molecule has 0 amide bonds. The van der Waals surface area contributed by atoms with Gasteiger partial charge in [-0.25, -0.2) is 0 Å². The molecule has 1 aromatic rings. The molecule has 0 aliphatic carbocycles. The third-order valence-electron chi connectivity index (χ3n) is 2.05. The van der Waals surface area contributed by atoms with Crippen LogP contribution in [0.25, 0.3) is 0 Å². The highest BCUT2D eigenvalue weighted by Crippen LogP contribution is 2.25. The molecule has 0 spiro atoms. The van der Waals surface area contributed by atoms with Crippen LogP contribution in [0.15, 0.2) is 18.3 Å². The van der Waals surface area contributed by atoms with Gasteiger partial charge in [0.15, 0.2) is 0 Å². The third kappa shape index (κ3) is 2.18. The van der Waals surface area contributed by atoms with Crippen molar-refractivity contribution in [1.29, 1.82) is 0 Å². The molecule has 1 rings (SSSR count). The van der Waals surface area contributed by atoms with Crippen LogP contribution in [0.1, 0.15) is 25.6 Å². The van der Waals surface area contributed by atoms with E-state index < -0.39 is 0 Å². The van der Waals surface area contributed by atoms with Gasteiger partial charge in [0.1, 0.15) is 5.75 Å². The molecule has 1 aromatic heterocycles. The smallest absolute Gasteiger partial charge is 0.141 e. The summed E-state index contributed by atoms with van der Waals surface area (Å²) in [5.74, 6) is 1.13. The molecular formula is C10H16N2O. The van der Waals surface area contributed by atoms with Gasteiger partial charge in [0, 0.05) is 6.20 Å². The summed E-state index contributed by atoms with van der Waals surface area (Å²) in [5, 5.41) is 0. The molecule has 0 saturated heterocycles. The molecule has 1 atom stereocenters. The van der Waals surface area contributed by atoms with Crippen molar-refractivity contribution in [3.05, 3.63) is 24.0 Å². The maximum atomic E-state index is 5.97. The van der Waals surface area contributed by atoms with E-state index in [0.29, 0.717) is 5.92 Å². The Labute approximate surface area is 78.9 Å². The number of hydrogen-bond donors (Lipinski definition) is 1. The Morgan fingerprint density at radius 3 is 2.69 bits per heavy atom. The minimum Gasteiger partial charge on any atom is -0.495 e. The summed E-state index contributed by atoms with van der Waals surface area (Å²) in [6.07, 6.45) is 1.74. The summed E-state index contributed by atoms with van der Waals surface area (Å²) in [6.45, 7) is 4.14. The predicted molar refractivity (Wildman–Crippen MR) is 52.6 cm³/mol.